The third kappa shape index (κ3) is 2.14. The van der Waals surface area contributed by atoms with E-state index < -0.39 is 5.97 Å². The summed E-state index contributed by atoms with van der Waals surface area (Å²) >= 11 is 0. The molecule has 6 nitrogen and oxygen atoms in total. The first-order chi connectivity index (χ1) is 8.52. The number of aromatic nitrogens is 1. The normalized spacial score (nSPS) is 10.8. The van der Waals surface area contributed by atoms with E-state index in [-0.39, 0.29) is 24.0 Å². The molecular weight excluding hydrogens is 238 g/mol. The number of aromatic carboxylic acids is 1. The number of hydrogen-bond donors (Lipinski definition) is 1. The van der Waals surface area contributed by atoms with E-state index >= 15 is 0 Å². The Morgan fingerprint density at radius 2 is 2.17 bits per heavy atom. The minimum Gasteiger partial charge on any atom is -0.475 e. The van der Waals surface area contributed by atoms with E-state index in [0.29, 0.717) is 17.1 Å². The second kappa shape index (κ2) is 4.66. The number of hydrogen-bond acceptors (Lipinski definition) is 5. The van der Waals surface area contributed by atoms with Gasteiger partial charge in [-0.15, -0.1) is 0 Å². The van der Waals surface area contributed by atoms with E-state index in [0.717, 1.165) is 0 Å². The van der Waals surface area contributed by atoms with Crippen molar-refractivity contribution in [3.05, 3.63) is 29.0 Å². The van der Waals surface area contributed by atoms with Crippen molar-refractivity contribution < 1.29 is 23.5 Å². The molecule has 96 valence electrons. The third-order valence-corrected chi connectivity index (χ3v) is 2.44. The van der Waals surface area contributed by atoms with Gasteiger partial charge in [-0.3, -0.25) is 0 Å². The fraction of sp³-hybridized carbons (Fsp3) is 0.333. The maximum atomic E-state index is 11.0. The molecule has 2 rings (SSSR count). The van der Waals surface area contributed by atoms with Gasteiger partial charge in [0.15, 0.2) is 0 Å². The number of aryl methyl sites for hydroxylation is 2. The van der Waals surface area contributed by atoms with Crippen LogP contribution in [-0.4, -0.2) is 23.2 Å². The van der Waals surface area contributed by atoms with Crippen molar-refractivity contribution in [3.8, 4) is 11.5 Å². The van der Waals surface area contributed by atoms with Crippen molar-refractivity contribution in [3.63, 3.8) is 0 Å². The maximum Gasteiger partial charge on any atom is 0.373 e. The molecule has 6 heteroatoms. The molecule has 0 atom stereocenters. The fourth-order valence-electron chi connectivity index (χ4n) is 1.71. The molecule has 0 bridgehead atoms. The summed E-state index contributed by atoms with van der Waals surface area (Å²) in [4.78, 5) is 15.2. The summed E-state index contributed by atoms with van der Waals surface area (Å²) in [5.74, 6) is 0.207. The molecule has 0 unspecified atom stereocenters. The average Bonchev–Trinajstić information content (AvgIpc) is 2.83. The van der Waals surface area contributed by atoms with Crippen LogP contribution in [0.1, 0.15) is 27.8 Å². The van der Waals surface area contributed by atoms with E-state index in [9.17, 15) is 4.79 Å². The van der Waals surface area contributed by atoms with E-state index in [4.69, 9.17) is 18.7 Å². The number of rotatable bonds is 4. The Morgan fingerprint density at radius 1 is 1.44 bits per heavy atom. The molecule has 0 fully saturated rings. The fourth-order valence-corrected chi connectivity index (χ4v) is 1.71. The van der Waals surface area contributed by atoms with Gasteiger partial charge in [-0.25, -0.2) is 9.78 Å². The Kier molecular flexibility index (Phi) is 3.20. The van der Waals surface area contributed by atoms with Crippen molar-refractivity contribution in [1.82, 2.24) is 4.98 Å². The first kappa shape index (κ1) is 12.4. The highest BCUT2D eigenvalue weighted by molar-refractivity contribution is 5.86. The lowest BCUT2D eigenvalue weighted by Crippen LogP contribution is -2.00. The summed E-state index contributed by atoms with van der Waals surface area (Å²) < 4.78 is 15.5. The number of nitrogens with zero attached hydrogens (tertiary/aromatic N) is 1. The Balaban J connectivity index is 2.49. The van der Waals surface area contributed by atoms with E-state index in [1.165, 1.54) is 7.11 Å². The van der Waals surface area contributed by atoms with Crippen LogP contribution in [0.4, 0.5) is 0 Å². The summed E-state index contributed by atoms with van der Waals surface area (Å²) in [6, 6.07) is 1.75. The van der Waals surface area contributed by atoms with Gasteiger partial charge in [-0.1, -0.05) is 0 Å². The molecule has 2 heterocycles. The molecule has 0 aliphatic rings. The van der Waals surface area contributed by atoms with Gasteiger partial charge in [0, 0.05) is 7.11 Å². The minimum absolute atomic E-state index is 0.0843. The lowest BCUT2D eigenvalue weighted by atomic mass is 10.2. The summed E-state index contributed by atoms with van der Waals surface area (Å²) in [5, 5.41) is 9.01. The van der Waals surface area contributed by atoms with Gasteiger partial charge >= 0.3 is 5.97 Å². The quantitative estimate of drug-likeness (QED) is 0.897. The highest BCUT2D eigenvalue weighted by Gasteiger charge is 2.22. The monoisotopic (exact) mass is 251 g/mol. The summed E-state index contributed by atoms with van der Waals surface area (Å²) in [6.45, 7) is 3.65. The lowest BCUT2D eigenvalue weighted by Gasteiger charge is -1.92. The van der Waals surface area contributed by atoms with Crippen LogP contribution in [0.2, 0.25) is 0 Å². The van der Waals surface area contributed by atoms with E-state index in [2.05, 4.69) is 4.98 Å². The molecular formula is C12H13NO5. The van der Waals surface area contributed by atoms with Crippen LogP contribution in [0.15, 0.2) is 14.9 Å². The molecule has 18 heavy (non-hydrogen) atoms. The van der Waals surface area contributed by atoms with Gasteiger partial charge in [-0.2, -0.15) is 0 Å². The number of ether oxygens (including phenoxy) is 1. The van der Waals surface area contributed by atoms with Gasteiger partial charge in [0.2, 0.25) is 11.7 Å². The molecule has 0 saturated carbocycles. The Bertz CT molecular complexity index is 581. The van der Waals surface area contributed by atoms with Crippen LogP contribution in [0.3, 0.4) is 0 Å². The number of carbonyl (C=O) groups is 1. The smallest absolute Gasteiger partial charge is 0.373 e. The second-order valence-corrected chi connectivity index (χ2v) is 3.86. The molecule has 0 aromatic carbocycles. The molecule has 0 amide bonds. The maximum absolute atomic E-state index is 11.0. The third-order valence-electron chi connectivity index (χ3n) is 2.44. The van der Waals surface area contributed by atoms with Crippen molar-refractivity contribution in [2.24, 2.45) is 0 Å². The summed E-state index contributed by atoms with van der Waals surface area (Å²) in [7, 11) is 1.47. The van der Waals surface area contributed by atoms with Crippen LogP contribution >= 0.6 is 0 Å². The highest BCUT2D eigenvalue weighted by atomic mass is 16.5. The first-order valence-corrected chi connectivity index (χ1v) is 5.32. The first-order valence-electron chi connectivity index (χ1n) is 5.32. The minimum atomic E-state index is -1.17. The Morgan fingerprint density at radius 3 is 2.67 bits per heavy atom. The molecule has 0 aliphatic heterocycles. The van der Waals surface area contributed by atoms with Crippen LogP contribution in [0.5, 0.6) is 0 Å². The van der Waals surface area contributed by atoms with Crippen molar-refractivity contribution in [2.75, 3.05) is 7.11 Å². The Hall–Kier alpha value is -2.08. The van der Waals surface area contributed by atoms with Crippen molar-refractivity contribution in [1.29, 1.82) is 0 Å². The van der Waals surface area contributed by atoms with Gasteiger partial charge in [0.05, 0.1) is 12.2 Å². The molecule has 1 N–H and O–H groups in total. The molecule has 0 aliphatic carbocycles. The van der Waals surface area contributed by atoms with Crippen molar-refractivity contribution in [2.45, 2.75) is 20.5 Å². The van der Waals surface area contributed by atoms with Gasteiger partial charge < -0.3 is 18.7 Å². The van der Waals surface area contributed by atoms with Gasteiger partial charge in [0.25, 0.3) is 0 Å². The number of carboxylic acids is 1. The lowest BCUT2D eigenvalue weighted by molar-refractivity contribution is 0.0656. The highest BCUT2D eigenvalue weighted by Crippen LogP contribution is 2.28. The zero-order valence-electron chi connectivity index (χ0n) is 10.3. The summed E-state index contributed by atoms with van der Waals surface area (Å²) in [5.41, 5.74) is 0.913. The number of oxazole rings is 1. The zero-order chi connectivity index (χ0) is 13.3. The molecule has 0 saturated heterocycles. The number of furan rings is 1. The predicted octanol–water partition coefficient (Wildman–Crippen LogP) is 2.40. The second-order valence-electron chi connectivity index (χ2n) is 3.86. The SMILES string of the molecule is COCc1nc(-c2cc(C)oc2C)oc1C(=O)O. The standard InChI is InChI=1S/C12H13NO5/c1-6-4-8(7(2)17-6)11-13-9(5-16-3)10(18-11)12(14)15/h4H,5H2,1-3H3,(H,14,15). The largest absolute Gasteiger partial charge is 0.475 e. The Labute approximate surface area is 103 Å². The van der Waals surface area contributed by atoms with Gasteiger partial charge in [0.1, 0.15) is 17.2 Å². The van der Waals surface area contributed by atoms with Crippen LogP contribution in [0, 0.1) is 13.8 Å². The molecule has 0 radical (unpaired) electrons. The van der Waals surface area contributed by atoms with Crippen molar-refractivity contribution >= 4 is 5.97 Å². The molecule has 0 spiro atoms. The number of carboxylic acid groups (broad SMARTS) is 1. The predicted molar refractivity (Wildman–Crippen MR) is 61.4 cm³/mol. The van der Waals surface area contributed by atoms with Crippen LogP contribution < -0.4 is 0 Å². The molecule has 2 aromatic heterocycles. The van der Waals surface area contributed by atoms with E-state index in [1.807, 2.05) is 0 Å². The molecule has 2 aromatic rings. The van der Waals surface area contributed by atoms with Gasteiger partial charge in [-0.05, 0) is 19.9 Å². The zero-order valence-corrected chi connectivity index (χ0v) is 10.3. The van der Waals surface area contributed by atoms with E-state index in [1.54, 1.807) is 19.9 Å². The summed E-state index contributed by atoms with van der Waals surface area (Å²) in [6.07, 6.45) is 0. The number of methoxy groups -OCH3 is 1. The van der Waals surface area contributed by atoms with Crippen LogP contribution in [-0.2, 0) is 11.3 Å². The average molecular weight is 251 g/mol. The topological polar surface area (TPSA) is 85.7 Å². The van der Waals surface area contributed by atoms with Crippen LogP contribution in [0.25, 0.3) is 11.5 Å².